The number of nitrogens with zero attached hydrogens (tertiary/aromatic N) is 2. The van der Waals surface area contributed by atoms with Crippen molar-refractivity contribution in [2.45, 2.75) is 32.9 Å². The van der Waals surface area contributed by atoms with Crippen molar-refractivity contribution in [2.24, 2.45) is 18.7 Å². The maximum atomic E-state index is 11.7. The third-order valence-electron chi connectivity index (χ3n) is 2.78. The van der Waals surface area contributed by atoms with Gasteiger partial charge in [0.2, 0.25) is 5.91 Å². The summed E-state index contributed by atoms with van der Waals surface area (Å²) in [7, 11) is 1.84. The molecule has 0 saturated carbocycles. The van der Waals surface area contributed by atoms with Gasteiger partial charge in [-0.05, 0) is 5.92 Å². The maximum Gasteiger partial charge on any atom is 0.237 e. The van der Waals surface area contributed by atoms with Crippen LogP contribution in [0.5, 0.6) is 0 Å². The van der Waals surface area contributed by atoms with Crippen molar-refractivity contribution in [3.8, 4) is 0 Å². The van der Waals surface area contributed by atoms with Gasteiger partial charge in [0, 0.05) is 25.4 Å². The van der Waals surface area contributed by atoms with E-state index in [1.54, 1.807) is 10.9 Å². The first kappa shape index (κ1) is 12.7. The van der Waals surface area contributed by atoms with E-state index in [4.69, 9.17) is 5.73 Å². The standard InChI is InChI=1S/C11H20N4O/c1-4-8(2)10(12)11(16)13-5-9-6-14-15(3)7-9/h6-8,10H,4-5,12H2,1-3H3,(H,13,16)/t8-,10-/m0/s1. The molecule has 5 heteroatoms. The van der Waals surface area contributed by atoms with Crippen LogP contribution in [0.4, 0.5) is 0 Å². The van der Waals surface area contributed by atoms with Crippen molar-refractivity contribution in [3.05, 3.63) is 18.0 Å². The summed E-state index contributed by atoms with van der Waals surface area (Å²) in [6.07, 6.45) is 4.51. The van der Waals surface area contributed by atoms with Gasteiger partial charge in [-0.25, -0.2) is 0 Å². The van der Waals surface area contributed by atoms with Crippen LogP contribution in [0.25, 0.3) is 0 Å². The highest BCUT2D eigenvalue weighted by Gasteiger charge is 2.18. The van der Waals surface area contributed by atoms with Crippen LogP contribution < -0.4 is 11.1 Å². The Labute approximate surface area is 96.0 Å². The SMILES string of the molecule is CC[C@H](C)[C@H](N)C(=O)NCc1cnn(C)c1. The smallest absolute Gasteiger partial charge is 0.237 e. The van der Waals surface area contributed by atoms with E-state index in [0.29, 0.717) is 6.54 Å². The fourth-order valence-corrected chi connectivity index (χ4v) is 1.38. The first-order valence-corrected chi connectivity index (χ1v) is 5.55. The highest BCUT2D eigenvalue weighted by Crippen LogP contribution is 2.05. The van der Waals surface area contributed by atoms with Gasteiger partial charge in [0.15, 0.2) is 0 Å². The number of aromatic nitrogens is 2. The second-order valence-corrected chi connectivity index (χ2v) is 4.15. The Morgan fingerprint density at radius 1 is 1.69 bits per heavy atom. The lowest BCUT2D eigenvalue weighted by atomic mass is 9.99. The van der Waals surface area contributed by atoms with Crippen molar-refractivity contribution in [1.29, 1.82) is 0 Å². The minimum absolute atomic E-state index is 0.0989. The van der Waals surface area contributed by atoms with Gasteiger partial charge in [0.25, 0.3) is 0 Å². The summed E-state index contributed by atoms with van der Waals surface area (Å²) >= 11 is 0. The molecular weight excluding hydrogens is 204 g/mol. The molecule has 0 aliphatic heterocycles. The van der Waals surface area contributed by atoms with E-state index in [-0.39, 0.29) is 11.8 Å². The second-order valence-electron chi connectivity index (χ2n) is 4.15. The van der Waals surface area contributed by atoms with Crippen LogP contribution >= 0.6 is 0 Å². The highest BCUT2D eigenvalue weighted by molar-refractivity contribution is 5.81. The van der Waals surface area contributed by atoms with Crippen molar-refractivity contribution < 1.29 is 4.79 Å². The maximum absolute atomic E-state index is 11.7. The van der Waals surface area contributed by atoms with Gasteiger partial charge >= 0.3 is 0 Å². The zero-order chi connectivity index (χ0) is 12.1. The average molecular weight is 224 g/mol. The van der Waals surface area contributed by atoms with Crippen LogP contribution in [-0.2, 0) is 18.4 Å². The number of nitrogens with one attached hydrogen (secondary N) is 1. The zero-order valence-electron chi connectivity index (χ0n) is 10.1. The molecule has 0 saturated heterocycles. The van der Waals surface area contributed by atoms with Gasteiger partial charge in [0.05, 0.1) is 12.2 Å². The van der Waals surface area contributed by atoms with Crippen molar-refractivity contribution in [1.82, 2.24) is 15.1 Å². The molecule has 0 unspecified atom stereocenters. The van der Waals surface area contributed by atoms with Gasteiger partial charge in [0.1, 0.15) is 0 Å². The van der Waals surface area contributed by atoms with E-state index >= 15 is 0 Å². The second kappa shape index (κ2) is 5.65. The molecule has 1 rings (SSSR count). The Hall–Kier alpha value is -1.36. The zero-order valence-corrected chi connectivity index (χ0v) is 10.1. The molecule has 0 aromatic carbocycles. The topological polar surface area (TPSA) is 72.9 Å². The van der Waals surface area contributed by atoms with E-state index in [9.17, 15) is 4.79 Å². The molecule has 1 amide bonds. The number of amides is 1. The van der Waals surface area contributed by atoms with E-state index < -0.39 is 6.04 Å². The number of rotatable bonds is 5. The van der Waals surface area contributed by atoms with Crippen LogP contribution in [-0.4, -0.2) is 21.7 Å². The number of hydrogen-bond acceptors (Lipinski definition) is 3. The first-order chi connectivity index (χ1) is 7.54. The summed E-state index contributed by atoms with van der Waals surface area (Å²) < 4.78 is 1.70. The molecule has 0 aliphatic rings. The molecule has 1 aromatic rings. The molecular formula is C11H20N4O. The third-order valence-corrected chi connectivity index (χ3v) is 2.78. The van der Waals surface area contributed by atoms with Crippen molar-refractivity contribution in [3.63, 3.8) is 0 Å². The summed E-state index contributed by atoms with van der Waals surface area (Å²) in [5.41, 5.74) is 6.79. The van der Waals surface area contributed by atoms with Crippen LogP contribution in [0, 0.1) is 5.92 Å². The largest absolute Gasteiger partial charge is 0.351 e. The summed E-state index contributed by atoms with van der Waals surface area (Å²) in [6, 6.07) is -0.429. The van der Waals surface area contributed by atoms with Gasteiger partial charge in [-0.1, -0.05) is 20.3 Å². The normalized spacial score (nSPS) is 14.5. The minimum atomic E-state index is -0.429. The summed E-state index contributed by atoms with van der Waals surface area (Å²) in [4.78, 5) is 11.7. The highest BCUT2D eigenvalue weighted by atomic mass is 16.2. The summed E-state index contributed by atoms with van der Waals surface area (Å²) in [5.74, 6) is 0.104. The lowest BCUT2D eigenvalue weighted by Gasteiger charge is -2.17. The molecule has 3 N–H and O–H groups in total. The monoisotopic (exact) mass is 224 g/mol. The van der Waals surface area contributed by atoms with Gasteiger partial charge in [-0.3, -0.25) is 9.48 Å². The molecule has 0 radical (unpaired) electrons. The fraction of sp³-hybridized carbons (Fsp3) is 0.636. The van der Waals surface area contributed by atoms with Gasteiger partial charge in [-0.2, -0.15) is 5.10 Å². The van der Waals surface area contributed by atoms with Crippen molar-refractivity contribution >= 4 is 5.91 Å². The average Bonchev–Trinajstić information content (AvgIpc) is 2.69. The molecule has 0 spiro atoms. The van der Waals surface area contributed by atoms with E-state index in [2.05, 4.69) is 10.4 Å². The number of hydrogen-bond donors (Lipinski definition) is 2. The Balaban J connectivity index is 2.40. The van der Waals surface area contributed by atoms with E-state index in [1.807, 2.05) is 27.1 Å². The molecule has 16 heavy (non-hydrogen) atoms. The Bertz CT molecular complexity index is 348. The molecule has 5 nitrogen and oxygen atoms in total. The lowest BCUT2D eigenvalue weighted by molar-refractivity contribution is -0.123. The molecule has 1 aromatic heterocycles. The number of carbonyl (C=O) groups is 1. The van der Waals surface area contributed by atoms with Crippen LogP contribution in [0.1, 0.15) is 25.8 Å². The van der Waals surface area contributed by atoms with Crippen molar-refractivity contribution in [2.75, 3.05) is 0 Å². The van der Waals surface area contributed by atoms with E-state index in [1.165, 1.54) is 0 Å². The molecule has 0 bridgehead atoms. The Kier molecular flexibility index (Phi) is 4.49. The minimum Gasteiger partial charge on any atom is -0.351 e. The van der Waals surface area contributed by atoms with E-state index in [0.717, 1.165) is 12.0 Å². The quantitative estimate of drug-likeness (QED) is 0.761. The fourth-order valence-electron chi connectivity index (χ4n) is 1.38. The molecule has 2 atom stereocenters. The third kappa shape index (κ3) is 3.34. The predicted molar refractivity (Wildman–Crippen MR) is 62.5 cm³/mol. The molecule has 90 valence electrons. The molecule has 0 aliphatic carbocycles. The Morgan fingerprint density at radius 3 is 2.88 bits per heavy atom. The summed E-state index contributed by atoms with van der Waals surface area (Å²) in [6.45, 7) is 4.49. The first-order valence-electron chi connectivity index (χ1n) is 5.55. The van der Waals surface area contributed by atoms with Gasteiger partial charge < -0.3 is 11.1 Å². The summed E-state index contributed by atoms with van der Waals surface area (Å²) in [5, 5.41) is 6.83. The van der Waals surface area contributed by atoms with Crippen LogP contribution in [0.2, 0.25) is 0 Å². The van der Waals surface area contributed by atoms with Gasteiger partial charge in [-0.15, -0.1) is 0 Å². The number of carbonyl (C=O) groups excluding carboxylic acids is 1. The Morgan fingerprint density at radius 2 is 2.38 bits per heavy atom. The number of nitrogens with two attached hydrogens (primary N) is 1. The van der Waals surface area contributed by atoms with Crippen LogP contribution in [0.15, 0.2) is 12.4 Å². The molecule has 0 fully saturated rings. The predicted octanol–water partition coefficient (Wildman–Crippen LogP) is 0.410. The lowest BCUT2D eigenvalue weighted by Crippen LogP contribution is -2.44. The van der Waals surface area contributed by atoms with Crippen LogP contribution in [0.3, 0.4) is 0 Å². The molecule has 1 heterocycles. The number of aryl methyl sites for hydroxylation is 1.